The van der Waals surface area contributed by atoms with Gasteiger partial charge >= 0.3 is 0 Å². The second-order valence-corrected chi connectivity index (χ2v) is 5.38. The van der Waals surface area contributed by atoms with Crippen molar-refractivity contribution in [1.29, 1.82) is 0 Å². The van der Waals surface area contributed by atoms with Crippen molar-refractivity contribution < 1.29 is 4.39 Å². The molecule has 0 spiro atoms. The maximum Gasteiger partial charge on any atom is 0.267 e. The molecular weight excluding hydrogens is 291 g/mol. The van der Waals surface area contributed by atoms with Gasteiger partial charge in [0, 0.05) is 4.88 Å². The molecule has 0 N–H and O–H groups in total. The SMILES string of the molecule is Cc1cc2c(=O)n(-c3nc(Cl)ncc3F)cnc2s1. The molecule has 5 nitrogen and oxygen atoms in total. The zero-order valence-corrected chi connectivity index (χ0v) is 11.2. The van der Waals surface area contributed by atoms with E-state index in [1.54, 1.807) is 6.07 Å². The molecule has 3 rings (SSSR count). The molecule has 0 aliphatic rings. The van der Waals surface area contributed by atoms with E-state index < -0.39 is 5.82 Å². The Balaban J connectivity index is 2.34. The van der Waals surface area contributed by atoms with Gasteiger partial charge < -0.3 is 0 Å². The summed E-state index contributed by atoms with van der Waals surface area (Å²) in [6.07, 6.45) is 2.16. The molecule has 0 saturated carbocycles. The third-order valence-electron chi connectivity index (χ3n) is 2.50. The summed E-state index contributed by atoms with van der Waals surface area (Å²) in [6, 6.07) is 1.71. The first-order valence-electron chi connectivity index (χ1n) is 5.22. The van der Waals surface area contributed by atoms with Crippen LogP contribution in [-0.4, -0.2) is 19.5 Å². The van der Waals surface area contributed by atoms with Crippen molar-refractivity contribution in [3.63, 3.8) is 0 Å². The van der Waals surface area contributed by atoms with Gasteiger partial charge in [0.1, 0.15) is 11.2 Å². The van der Waals surface area contributed by atoms with Crippen LogP contribution < -0.4 is 5.56 Å². The van der Waals surface area contributed by atoms with Crippen LogP contribution in [0, 0.1) is 12.7 Å². The van der Waals surface area contributed by atoms with Gasteiger partial charge in [0.2, 0.25) is 5.28 Å². The molecule has 19 heavy (non-hydrogen) atoms. The van der Waals surface area contributed by atoms with Gasteiger partial charge in [0.25, 0.3) is 5.56 Å². The Kier molecular flexibility index (Phi) is 2.79. The normalized spacial score (nSPS) is 11.1. The van der Waals surface area contributed by atoms with Crippen LogP contribution in [0.15, 0.2) is 23.4 Å². The lowest BCUT2D eigenvalue weighted by atomic mass is 10.3. The minimum atomic E-state index is -0.736. The summed E-state index contributed by atoms with van der Waals surface area (Å²) in [5.74, 6) is -0.942. The van der Waals surface area contributed by atoms with E-state index in [0.29, 0.717) is 10.2 Å². The number of thiophene rings is 1. The van der Waals surface area contributed by atoms with Crippen molar-refractivity contribution in [3.05, 3.63) is 44.9 Å². The molecule has 3 aromatic rings. The maximum absolute atomic E-state index is 13.7. The summed E-state index contributed by atoms with van der Waals surface area (Å²) in [7, 11) is 0. The quantitative estimate of drug-likeness (QED) is 0.647. The molecule has 0 saturated heterocycles. The number of nitrogens with zero attached hydrogens (tertiary/aromatic N) is 4. The van der Waals surface area contributed by atoms with Crippen molar-refractivity contribution in [1.82, 2.24) is 19.5 Å². The van der Waals surface area contributed by atoms with Gasteiger partial charge in [-0.1, -0.05) is 0 Å². The van der Waals surface area contributed by atoms with Crippen LogP contribution in [0.1, 0.15) is 4.88 Å². The Morgan fingerprint density at radius 1 is 1.42 bits per heavy atom. The Labute approximate surface area is 115 Å². The van der Waals surface area contributed by atoms with Crippen molar-refractivity contribution in [2.24, 2.45) is 0 Å². The van der Waals surface area contributed by atoms with Crippen molar-refractivity contribution in [2.45, 2.75) is 6.92 Å². The Bertz CT molecular complexity index is 844. The number of fused-ring (bicyclic) bond motifs is 1. The van der Waals surface area contributed by atoms with Crippen LogP contribution >= 0.6 is 22.9 Å². The largest absolute Gasteiger partial charge is 0.268 e. The summed E-state index contributed by atoms with van der Waals surface area (Å²) in [5.41, 5.74) is -0.386. The lowest BCUT2D eigenvalue weighted by Crippen LogP contribution is -2.20. The first-order chi connectivity index (χ1) is 9.06. The van der Waals surface area contributed by atoms with Crippen LogP contribution in [0.4, 0.5) is 4.39 Å². The predicted molar refractivity (Wildman–Crippen MR) is 70.5 cm³/mol. The zero-order chi connectivity index (χ0) is 13.6. The molecule has 0 aliphatic heterocycles. The summed E-state index contributed by atoms with van der Waals surface area (Å²) in [4.78, 5) is 25.2. The smallest absolute Gasteiger partial charge is 0.267 e. The van der Waals surface area contributed by atoms with Crippen molar-refractivity contribution >= 4 is 33.2 Å². The maximum atomic E-state index is 13.7. The van der Waals surface area contributed by atoms with Crippen LogP contribution in [0.2, 0.25) is 5.28 Å². The monoisotopic (exact) mass is 296 g/mol. The Hall–Kier alpha value is -1.86. The first-order valence-corrected chi connectivity index (χ1v) is 6.42. The average molecular weight is 297 g/mol. The molecule has 3 heterocycles. The molecule has 0 fully saturated rings. The third kappa shape index (κ3) is 2.00. The second kappa shape index (κ2) is 4.36. The van der Waals surface area contributed by atoms with E-state index in [9.17, 15) is 9.18 Å². The zero-order valence-electron chi connectivity index (χ0n) is 9.59. The summed E-state index contributed by atoms with van der Waals surface area (Å²) < 4.78 is 14.7. The third-order valence-corrected chi connectivity index (χ3v) is 3.64. The van der Waals surface area contributed by atoms with Crippen molar-refractivity contribution in [2.75, 3.05) is 0 Å². The van der Waals surface area contributed by atoms with E-state index in [0.717, 1.165) is 15.6 Å². The molecule has 0 unspecified atom stereocenters. The standard InChI is InChI=1S/C11H6ClFN4OS/c1-5-2-6-9(19-5)15-4-17(10(6)18)8-7(13)3-14-11(12)16-8/h2-4H,1H3. The van der Waals surface area contributed by atoms with Gasteiger partial charge in [-0.3, -0.25) is 4.79 Å². The highest BCUT2D eigenvalue weighted by Gasteiger charge is 2.13. The van der Waals surface area contributed by atoms with Gasteiger partial charge in [-0.15, -0.1) is 11.3 Å². The van der Waals surface area contributed by atoms with E-state index >= 15 is 0 Å². The minimum absolute atomic E-state index is 0.134. The van der Waals surface area contributed by atoms with Gasteiger partial charge in [-0.25, -0.2) is 18.9 Å². The van der Waals surface area contributed by atoms with Crippen LogP contribution in [0.3, 0.4) is 0 Å². The Morgan fingerprint density at radius 2 is 2.21 bits per heavy atom. The molecule has 0 amide bonds. The number of aryl methyl sites for hydroxylation is 1. The number of aromatic nitrogens is 4. The lowest BCUT2D eigenvalue weighted by Gasteiger charge is -2.04. The second-order valence-electron chi connectivity index (χ2n) is 3.81. The summed E-state index contributed by atoms with van der Waals surface area (Å²) in [6.45, 7) is 1.87. The molecule has 0 aromatic carbocycles. The van der Waals surface area contributed by atoms with Crippen LogP contribution in [0.5, 0.6) is 0 Å². The number of hydrogen-bond donors (Lipinski definition) is 0. The molecule has 0 bridgehead atoms. The van der Waals surface area contributed by atoms with Gasteiger partial charge in [-0.2, -0.15) is 4.98 Å². The molecule has 8 heteroatoms. The average Bonchev–Trinajstić information content (AvgIpc) is 2.75. The fraction of sp³-hybridized carbons (Fsp3) is 0.0909. The van der Waals surface area contributed by atoms with E-state index in [4.69, 9.17) is 11.6 Å². The molecule has 3 aromatic heterocycles. The van der Waals surface area contributed by atoms with E-state index in [1.165, 1.54) is 17.7 Å². The topological polar surface area (TPSA) is 60.7 Å². The lowest BCUT2D eigenvalue weighted by molar-refractivity contribution is 0.598. The number of hydrogen-bond acceptors (Lipinski definition) is 5. The van der Waals surface area contributed by atoms with Gasteiger partial charge in [0.05, 0.1) is 11.6 Å². The predicted octanol–water partition coefficient (Wildman–Crippen LogP) is 2.34. The summed E-state index contributed by atoms with van der Waals surface area (Å²) >= 11 is 7.02. The number of halogens is 2. The fourth-order valence-corrected chi connectivity index (χ4v) is 2.67. The first kappa shape index (κ1) is 12.2. The minimum Gasteiger partial charge on any atom is -0.268 e. The number of rotatable bonds is 1. The van der Waals surface area contributed by atoms with Crippen LogP contribution in [-0.2, 0) is 0 Å². The van der Waals surface area contributed by atoms with Crippen LogP contribution in [0.25, 0.3) is 16.0 Å². The van der Waals surface area contributed by atoms with Gasteiger partial charge in [0.15, 0.2) is 11.6 Å². The molecule has 0 radical (unpaired) electrons. The van der Waals surface area contributed by atoms with Crippen molar-refractivity contribution in [3.8, 4) is 5.82 Å². The fourth-order valence-electron chi connectivity index (χ4n) is 1.70. The highest BCUT2D eigenvalue weighted by Crippen LogP contribution is 2.20. The van der Waals surface area contributed by atoms with E-state index in [2.05, 4.69) is 15.0 Å². The molecular formula is C11H6ClFN4OS. The summed E-state index contributed by atoms with van der Waals surface area (Å²) in [5, 5.41) is 0.295. The van der Waals surface area contributed by atoms with E-state index in [-0.39, 0.29) is 16.7 Å². The van der Waals surface area contributed by atoms with Gasteiger partial charge in [-0.05, 0) is 24.6 Å². The highest BCUT2D eigenvalue weighted by atomic mass is 35.5. The van der Waals surface area contributed by atoms with E-state index in [1.807, 2.05) is 6.92 Å². The molecule has 0 aliphatic carbocycles. The molecule has 96 valence electrons. The Morgan fingerprint density at radius 3 is 3.00 bits per heavy atom. The molecule has 0 atom stereocenters. The highest BCUT2D eigenvalue weighted by molar-refractivity contribution is 7.18.